The van der Waals surface area contributed by atoms with Crippen LogP contribution >= 0.6 is 0 Å². The lowest BCUT2D eigenvalue weighted by molar-refractivity contribution is -0.114. The first-order chi connectivity index (χ1) is 11.5. The van der Waals surface area contributed by atoms with Crippen LogP contribution in [-0.2, 0) is 9.53 Å². The second-order valence-corrected chi connectivity index (χ2v) is 5.50. The van der Waals surface area contributed by atoms with Gasteiger partial charge in [0.05, 0.1) is 18.7 Å². The molecular weight excluding hydrogens is 304 g/mol. The summed E-state index contributed by atoms with van der Waals surface area (Å²) in [5, 5.41) is 5.88. The van der Waals surface area contributed by atoms with E-state index in [1.54, 1.807) is 31.2 Å². The summed E-state index contributed by atoms with van der Waals surface area (Å²) in [5.74, 6) is -0.482. The van der Waals surface area contributed by atoms with Crippen LogP contribution in [0.4, 0.5) is 11.4 Å². The normalized spacial score (nSPS) is 10.1. The Labute approximate surface area is 142 Å². The number of ether oxygens (including phenoxy) is 1. The molecule has 0 aliphatic rings. The van der Waals surface area contributed by atoms with Gasteiger partial charge in [0.15, 0.2) is 0 Å². The molecule has 0 saturated carbocycles. The summed E-state index contributed by atoms with van der Waals surface area (Å²) in [7, 11) is 0. The van der Waals surface area contributed by atoms with Crippen LogP contribution in [0.15, 0.2) is 42.5 Å². The highest BCUT2D eigenvalue weighted by Crippen LogP contribution is 2.14. The summed E-state index contributed by atoms with van der Waals surface area (Å²) in [6, 6.07) is 12.6. The number of benzene rings is 2. The van der Waals surface area contributed by atoms with E-state index in [0.29, 0.717) is 12.2 Å². The molecule has 0 spiro atoms. The second kappa shape index (κ2) is 8.15. The van der Waals surface area contributed by atoms with E-state index >= 15 is 0 Å². The summed E-state index contributed by atoms with van der Waals surface area (Å²) < 4.78 is 4.93. The highest BCUT2D eigenvalue weighted by atomic mass is 16.5. The molecule has 0 atom stereocenters. The Bertz CT molecular complexity index is 724. The standard InChI is InChI=1S/C19H22N2O3/c1-4-24-19(23)15-6-9-16(10-7-15)20-12-18(22)21-17-8-5-13(2)14(3)11-17/h5-11,20H,4,12H2,1-3H3,(H,21,22). The average Bonchev–Trinajstić information content (AvgIpc) is 2.57. The summed E-state index contributed by atoms with van der Waals surface area (Å²) in [6.07, 6.45) is 0. The van der Waals surface area contributed by atoms with Crippen molar-refractivity contribution in [3.8, 4) is 0 Å². The van der Waals surface area contributed by atoms with Crippen LogP contribution in [-0.4, -0.2) is 25.0 Å². The minimum Gasteiger partial charge on any atom is -0.462 e. The van der Waals surface area contributed by atoms with Crippen molar-refractivity contribution in [3.05, 3.63) is 59.2 Å². The number of amides is 1. The molecule has 1 amide bonds. The van der Waals surface area contributed by atoms with Crippen LogP contribution in [0.3, 0.4) is 0 Å². The number of esters is 1. The third kappa shape index (κ3) is 4.84. The largest absolute Gasteiger partial charge is 0.462 e. The van der Waals surface area contributed by atoms with E-state index in [1.165, 1.54) is 5.56 Å². The fourth-order valence-corrected chi connectivity index (χ4v) is 2.15. The van der Waals surface area contributed by atoms with Crippen LogP contribution in [0, 0.1) is 13.8 Å². The van der Waals surface area contributed by atoms with E-state index in [1.807, 2.05) is 32.0 Å². The monoisotopic (exact) mass is 326 g/mol. The van der Waals surface area contributed by atoms with Crippen molar-refractivity contribution in [1.82, 2.24) is 0 Å². The van der Waals surface area contributed by atoms with Crippen molar-refractivity contribution in [3.63, 3.8) is 0 Å². The number of hydrogen-bond donors (Lipinski definition) is 2. The minimum atomic E-state index is -0.350. The molecule has 2 aromatic rings. The van der Waals surface area contributed by atoms with Gasteiger partial charge in [-0.1, -0.05) is 6.07 Å². The first-order valence-electron chi connectivity index (χ1n) is 7.87. The number of nitrogens with one attached hydrogen (secondary N) is 2. The van der Waals surface area contributed by atoms with Crippen LogP contribution in [0.1, 0.15) is 28.4 Å². The Balaban J connectivity index is 1.87. The summed E-state index contributed by atoms with van der Waals surface area (Å²) in [4.78, 5) is 23.6. The lowest BCUT2D eigenvalue weighted by Crippen LogP contribution is -2.21. The Morgan fingerprint density at radius 1 is 0.958 bits per heavy atom. The third-order valence-corrected chi connectivity index (χ3v) is 3.64. The summed E-state index contributed by atoms with van der Waals surface area (Å²) >= 11 is 0. The van der Waals surface area contributed by atoms with Crippen molar-refractivity contribution < 1.29 is 14.3 Å². The molecule has 0 fully saturated rings. The molecule has 0 bridgehead atoms. The van der Waals surface area contributed by atoms with E-state index in [9.17, 15) is 9.59 Å². The van der Waals surface area contributed by atoms with Gasteiger partial charge in [-0.15, -0.1) is 0 Å². The molecule has 126 valence electrons. The van der Waals surface area contributed by atoms with Gasteiger partial charge >= 0.3 is 5.97 Å². The predicted octanol–water partition coefficient (Wildman–Crippen LogP) is 3.53. The highest BCUT2D eigenvalue weighted by Gasteiger charge is 2.07. The zero-order valence-electron chi connectivity index (χ0n) is 14.2. The van der Waals surface area contributed by atoms with Crippen LogP contribution in [0.5, 0.6) is 0 Å². The number of carbonyl (C=O) groups excluding carboxylic acids is 2. The number of aryl methyl sites for hydroxylation is 2. The van der Waals surface area contributed by atoms with Crippen molar-refractivity contribution >= 4 is 23.3 Å². The van der Waals surface area contributed by atoms with Crippen molar-refractivity contribution in [2.45, 2.75) is 20.8 Å². The van der Waals surface area contributed by atoms with E-state index in [4.69, 9.17) is 4.74 Å². The maximum absolute atomic E-state index is 12.0. The minimum absolute atomic E-state index is 0.132. The van der Waals surface area contributed by atoms with Gasteiger partial charge in [-0.05, 0) is 68.3 Å². The first kappa shape index (κ1) is 17.5. The Kier molecular flexibility index (Phi) is 5.95. The van der Waals surface area contributed by atoms with E-state index in [-0.39, 0.29) is 18.4 Å². The summed E-state index contributed by atoms with van der Waals surface area (Å²) in [6.45, 7) is 6.29. The average molecular weight is 326 g/mol. The fourth-order valence-electron chi connectivity index (χ4n) is 2.15. The van der Waals surface area contributed by atoms with Gasteiger partial charge in [-0.25, -0.2) is 4.79 Å². The second-order valence-electron chi connectivity index (χ2n) is 5.50. The van der Waals surface area contributed by atoms with Crippen molar-refractivity contribution in [2.75, 3.05) is 23.8 Å². The number of hydrogen-bond acceptors (Lipinski definition) is 4. The molecule has 0 aliphatic heterocycles. The summed E-state index contributed by atoms with van der Waals surface area (Å²) in [5.41, 5.74) is 4.35. The van der Waals surface area contributed by atoms with Gasteiger partial charge < -0.3 is 15.4 Å². The maximum Gasteiger partial charge on any atom is 0.338 e. The molecule has 2 rings (SSSR count). The number of anilines is 2. The molecule has 0 saturated heterocycles. The molecule has 2 N–H and O–H groups in total. The molecule has 5 nitrogen and oxygen atoms in total. The van der Waals surface area contributed by atoms with Crippen molar-refractivity contribution in [1.29, 1.82) is 0 Å². The van der Waals surface area contributed by atoms with Gasteiger partial charge in [-0.2, -0.15) is 0 Å². The van der Waals surface area contributed by atoms with Gasteiger partial charge in [0.25, 0.3) is 0 Å². The predicted molar refractivity (Wildman–Crippen MR) is 95.4 cm³/mol. The molecule has 0 heterocycles. The smallest absolute Gasteiger partial charge is 0.338 e. The lowest BCUT2D eigenvalue weighted by atomic mass is 10.1. The molecule has 0 unspecified atom stereocenters. The molecule has 0 aromatic heterocycles. The van der Waals surface area contributed by atoms with E-state index < -0.39 is 0 Å². The third-order valence-electron chi connectivity index (χ3n) is 3.64. The molecule has 2 aromatic carbocycles. The van der Waals surface area contributed by atoms with E-state index in [0.717, 1.165) is 16.9 Å². The van der Waals surface area contributed by atoms with Gasteiger partial charge in [0.1, 0.15) is 0 Å². The van der Waals surface area contributed by atoms with Crippen LogP contribution in [0.25, 0.3) is 0 Å². The number of rotatable bonds is 6. The zero-order chi connectivity index (χ0) is 17.5. The van der Waals surface area contributed by atoms with Gasteiger partial charge in [-0.3, -0.25) is 4.79 Å². The van der Waals surface area contributed by atoms with Crippen LogP contribution < -0.4 is 10.6 Å². The van der Waals surface area contributed by atoms with Gasteiger partial charge in [0.2, 0.25) is 5.91 Å². The molecule has 0 radical (unpaired) electrons. The molecular formula is C19H22N2O3. The molecule has 24 heavy (non-hydrogen) atoms. The van der Waals surface area contributed by atoms with Crippen molar-refractivity contribution in [2.24, 2.45) is 0 Å². The Hall–Kier alpha value is -2.82. The molecule has 5 heteroatoms. The first-order valence-corrected chi connectivity index (χ1v) is 7.87. The number of carbonyl (C=O) groups is 2. The zero-order valence-corrected chi connectivity index (χ0v) is 14.2. The SMILES string of the molecule is CCOC(=O)c1ccc(NCC(=O)Nc2ccc(C)c(C)c2)cc1. The highest BCUT2D eigenvalue weighted by molar-refractivity contribution is 5.94. The maximum atomic E-state index is 12.0. The van der Waals surface area contributed by atoms with Gasteiger partial charge in [0, 0.05) is 11.4 Å². The topological polar surface area (TPSA) is 67.4 Å². The Morgan fingerprint density at radius 3 is 2.25 bits per heavy atom. The van der Waals surface area contributed by atoms with Crippen LogP contribution in [0.2, 0.25) is 0 Å². The quantitative estimate of drug-likeness (QED) is 0.797. The van der Waals surface area contributed by atoms with E-state index in [2.05, 4.69) is 10.6 Å². The fraction of sp³-hybridized carbons (Fsp3) is 0.263. The lowest BCUT2D eigenvalue weighted by Gasteiger charge is -2.10. The Morgan fingerprint density at radius 2 is 1.62 bits per heavy atom. The molecule has 0 aliphatic carbocycles.